The summed E-state index contributed by atoms with van der Waals surface area (Å²) in [6, 6.07) is 6.20. The first-order chi connectivity index (χ1) is 8.84. The molecule has 114 valence electrons. The Hall–Kier alpha value is -1.33. The molecular weight excluding hydrogens is 283 g/mol. The van der Waals surface area contributed by atoms with Crippen molar-refractivity contribution in [3.8, 4) is 5.75 Å². The molecule has 20 heavy (non-hydrogen) atoms. The molecule has 0 bridgehead atoms. The molecule has 0 radical (unpaired) electrons. The molecule has 1 aromatic rings. The second kappa shape index (κ2) is 8.07. The van der Waals surface area contributed by atoms with Gasteiger partial charge in [0.05, 0.1) is 6.04 Å². The summed E-state index contributed by atoms with van der Waals surface area (Å²) in [4.78, 5) is 11.9. The summed E-state index contributed by atoms with van der Waals surface area (Å²) in [6.07, 6.45) is 0. The van der Waals surface area contributed by atoms with Gasteiger partial charge in [0.2, 0.25) is 5.91 Å². The molecule has 0 spiro atoms. The van der Waals surface area contributed by atoms with Gasteiger partial charge in [-0.25, -0.2) is 4.39 Å². The van der Waals surface area contributed by atoms with Gasteiger partial charge in [-0.3, -0.25) is 4.79 Å². The van der Waals surface area contributed by atoms with Crippen LogP contribution in [0.25, 0.3) is 0 Å². The topological polar surface area (TPSA) is 64.4 Å². The van der Waals surface area contributed by atoms with Crippen molar-refractivity contribution in [3.63, 3.8) is 0 Å². The van der Waals surface area contributed by atoms with E-state index >= 15 is 0 Å². The molecule has 1 rings (SSSR count). The Labute approximate surface area is 125 Å². The zero-order chi connectivity index (χ0) is 14.5. The Kier molecular flexibility index (Phi) is 7.53. The lowest BCUT2D eigenvalue weighted by Crippen LogP contribution is -2.45. The van der Waals surface area contributed by atoms with E-state index in [4.69, 9.17) is 10.5 Å². The van der Waals surface area contributed by atoms with Crippen molar-refractivity contribution in [1.82, 2.24) is 0 Å². The van der Waals surface area contributed by atoms with Crippen LogP contribution >= 0.6 is 12.4 Å². The summed E-state index contributed by atoms with van der Waals surface area (Å²) in [5.74, 6) is 0.259. The van der Waals surface area contributed by atoms with Crippen LogP contribution in [0.3, 0.4) is 0 Å². The van der Waals surface area contributed by atoms with Gasteiger partial charge in [0.15, 0.2) is 0 Å². The fourth-order valence-corrected chi connectivity index (χ4v) is 1.43. The highest BCUT2D eigenvalue weighted by atomic mass is 35.5. The number of nitrogens with two attached hydrogens (primary N) is 1. The SMILES string of the molecule is CC(C)(C)[C@H](N)C(=O)Nc1cccc(OCCF)c1.Cl. The number of alkyl halides is 1. The van der Waals surface area contributed by atoms with Gasteiger partial charge in [0, 0.05) is 11.8 Å². The molecule has 3 N–H and O–H groups in total. The number of ether oxygens (including phenoxy) is 1. The maximum atomic E-state index is 12.0. The van der Waals surface area contributed by atoms with Crippen LogP contribution in [0.15, 0.2) is 24.3 Å². The van der Waals surface area contributed by atoms with Crippen molar-refractivity contribution in [2.75, 3.05) is 18.6 Å². The zero-order valence-electron chi connectivity index (χ0n) is 12.0. The third-order valence-electron chi connectivity index (χ3n) is 2.66. The monoisotopic (exact) mass is 304 g/mol. The molecule has 1 atom stereocenters. The molecule has 0 saturated carbocycles. The largest absolute Gasteiger partial charge is 0.491 e. The Morgan fingerprint density at radius 3 is 2.65 bits per heavy atom. The molecule has 0 aromatic heterocycles. The number of halogens is 2. The quantitative estimate of drug-likeness (QED) is 0.879. The minimum Gasteiger partial charge on any atom is -0.491 e. The molecule has 0 aliphatic rings. The van der Waals surface area contributed by atoms with E-state index in [0.29, 0.717) is 11.4 Å². The molecule has 0 aliphatic carbocycles. The Morgan fingerprint density at radius 2 is 2.10 bits per heavy atom. The minimum atomic E-state index is -0.608. The number of rotatable bonds is 5. The van der Waals surface area contributed by atoms with E-state index in [0.717, 1.165) is 0 Å². The van der Waals surface area contributed by atoms with Crippen LogP contribution in [-0.2, 0) is 4.79 Å². The van der Waals surface area contributed by atoms with Crippen molar-refractivity contribution >= 4 is 24.0 Å². The number of amides is 1. The molecular formula is C14H22ClFN2O2. The van der Waals surface area contributed by atoms with Crippen molar-refractivity contribution in [2.45, 2.75) is 26.8 Å². The van der Waals surface area contributed by atoms with Crippen molar-refractivity contribution in [2.24, 2.45) is 11.1 Å². The van der Waals surface area contributed by atoms with Gasteiger partial charge in [-0.15, -0.1) is 12.4 Å². The average Bonchev–Trinajstić information content (AvgIpc) is 2.34. The van der Waals surface area contributed by atoms with E-state index in [1.54, 1.807) is 24.3 Å². The minimum absolute atomic E-state index is 0. The number of hydrogen-bond acceptors (Lipinski definition) is 3. The summed E-state index contributed by atoms with van der Waals surface area (Å²) >= 11 is 0. The standard InChI is InChI=1S/C14H21FN2O2.ClH/c1-14(2,3)12(16)13(18)17-10-5-4-6-11(9-10)19-8-7-15;/h4-6,9,12H,7-8,16H2,1-3H3,(H,17,18);1H/t12-;/m1./s1. The lowest BCUT2D eigenvalue weighted by Gasteiger charge is -2.25. The van der Waals surface area contributed by atoms with Crippen LogP contribution < -0.4 is 15.8 Å². The van der Waals surface area contributed by atoms with Gasteiger partial charge in [-0.1, -0.05) is 26.8 Å². The number of benzene rings is 1. The first kappa shape index (κ1) is 18.7. The van der Waals surface area contributed by atoms with Crippen LogP contribution in [0.5, 0.6) is 5.75 Å². The number of nitrogens with one attached hydrogen (secondary N) is 1. The number of carbonyl (C=O) groups excluding carboxylic acids is 1. The Bertz CT molecular complexity index is 435. The van der Waals surface area contributed by atoms with Crippen molar-refractivity contribution in [3.05, 3.63) is 24.3 Å². The second-order valence-corrected chi connectivity index (χ2v) is 5.40. The molecule has 1 aromatic carbocycles. The predicted octanol–water partition coefficient (Wildman–Crippen LogP) is 2.77. The normalized spacial score (nSPS) is 12.2. The predicted molar refractivity (Wildman–Crippen MR) is 81.2 cm³/mol. The number of anilines is 1. The van der Waals surface area contributed by atoms with Crippen LogP contribution in [0.2, 0.25) is 0 Å². The molecule has 0 heterocycles. The molecule has 4 nitrogen and oxygen atoms in total. The highest BCUT2D eigenvalue weighted by molar-refractivity contribution is 5.95. The molecule has 0 fully saturated rings. The number of carbonyl (C=O) groups is 1. The Morgan fingerprint density at radius 1 is 1.45 bits per heavy atom. The second-order valence-electron chi connectivity index (χ2n) is 5.40. The zero-order valence-corrected chi connectivity index (χ0v) is 12.8. The first-order valence-corrected chi connectivity index (χ1v) is 6.20. The van der Waals surface area contributed by atoms with Gasteiger partial charge in [-0.2, -0.15) is 0 Å². The van der Waals surface area contributed by atoms with E-state index < -0.39 is 12.7 Å². The van der Waals surface area contributed by atoms with E-state index in [9.17, 15) is 9.18 Å². The van der Waals surface area contributed by atoms with Gasteiger partial charge in [0.1, 0.15) is 19.0 Å². The average molecular weight is 305 g/mol. The van der Waals surface area contributed by atoms with Gasteiger partial charge < -0.3 is 15.8 Å². The van der Waals surface area contributed by atoms with Crippen molar-refractivity contribution < 1.29 is 13.9 Å². The summed E-state index contributed by atoms with van der Waals surface area (Å²) in [5, 5.41) is 2.73. The fourth-order valence-electron chi connectivity index (χ4n) is 1.43. The van der Waals surface area contributed by atoms with Crippen LogP contribution in [-0.4, -0.2) is 25.2 Å². The van der Waals surface area contributed by atoms with Crippen LogP contribution in [0, 0.1) is 5.41 Å². The fraction of sp³-hybridized carbons (Fsp3) is 0.500. The van der Waals surface area contributed by atoms with Gasteiger partial charge >= 0.3 is 0 Å². The lowest BCUT2D eigenvalue weighted by molar-refractivity contribution is -0.119. The Balaban J connectivity index is 0.00000361. The summed E-state index contributed by atoms with van der Waals surface area (Å²) < 4.78 is 17.2. The van der Waals surface area contributed by atoms with Gasteiger partial charge in [-0.05, 0) is 17.5 Å². The van der Waals surface area contributed by atoms with Crippen molar-refractivity contribution in [1.29, 1.82) is 0 Å². The third kappa shape index (κ3) is 5.75. The summed E-state index contributed by atoms with van der Waals surface area (Å²) in [6.45, 7) is 5.15. The summed E-state index contributed by atoms with van der Waals surface area (Å²) in [5.41, 5.74) is 6.14. The van der Waals surface area contributed by atoms with Gasteiger partial charge in [0.25, 0.3) is 0 Å². The van der Waals surface area contributed by atoms with E-state index in [1.807, 2.05) is 20.8 Å². The molecule has 0 aliphatic heterocycles. The van der Waals surface area contributed by atoms with Crippen LogP contribution in [0.4, 0.5) is 10.1 Å². The lowest BCUT2D eigenvalue weighted by atomic mass is 9.87. The maximum Gasteiger partial charge on any atom is 0.241 e. The summed E-state index contributed by atoms with van der Waals surface area (Å²) in [7, 11) is 0. The van der Waals surface area contributed by atoms with Crippen LogP contribution in [0.1, 0.15) is 20.8 Å². The third-order valence-corrected chi connectivity index (χ3v) is 2.66. The molecule has 6 heteroatoms. The van der Waals surface area contributed by atoms with E-state index in [-0.39, 0.29) is 30.3 Å². The molecule has 0 saturated heterocycles. The van der Waals surface area contributed by atoms with E-state index in [2.05, 4.69) is 5.32 Å². The molecule has 1 amide bonds. The highest BCUT2D eigenvalue weighted by Gasteiger charge is 2.27. The smallest absolute Gasteiger partial charge is 0.241 e. The van der Waals surface area contributed by atoms with E-state index in [1.165, 1.54) is 0 Å². The molecule has 0 unspecified atom stereocenters. The highest BCUT2D eigenvalue weighted by Crippen LogP contribution is 2.21. The first-order valence-electron chi connectivity index (χ1n) is 6.20. The number of hydrogen-bond donors (Lipinski definition) is 2. The maximum absolute atomic E-state index is 12.0.